The Kier molecular flexibility index (Phi) is 11.5. The number of carboxylic acid groups (broad SMARTS) is 2. The molecule has 3 aromatic carbocycles. The van der Waals surface area contributed by atoms with Crippen molar-refractivity contribution >= 4 is 51.7 Å². The van der Waals surface area contributed by atoms with E-state index >= 15 is 0 Å². The highest BCUT2D eigenvalue weighted by atomic mass is 32.1. The zero-order chi connectivity index (χ0) is 36.8. The number of hydrogen-bond acceptors (Lipinski definition) is 6. The number of carboxylic acids is 2. The van der Waals surface area contributed by atoms with Crippen LogP contribution in [-0.4, -0.2) is 50.8 Å². The van der Waals surface area contributed by atoms with E-state index in [2.05, 4.69) is 10.6 Å². The number of aliphatic carboxylic acids is 1. The summed E-state index contributed by atoms with van der Waals surface area (Å²) in [5.74, 6) is -2.81. The molecular weight excluding hydrogens is 679 g/mol. The molecule has 0 spiro atoms. The van der Waals surface area contributed by atoms with Crippen LogP contribution in [0.3, 0.4) is 0 Å². The summed E-state index contributed by atoms with van der Waals surface area (Å²) in [5, 5.41) is 25.1. The zero-order valence-electron chi connectivity index (χ0n) is 29.2. The molecule has 10 nitrogen and oxygen atoms in total. The maximum Gasteiger partial charge on any atom is 0.335 e. The molecule has 4 N–H and O–H groups in total. The summed E-state index contributed by atoms with van der Waals surface area (Å²) in [5.41, 5.74) is 5.73. The summed E-state index contributed by atoms with van der Waals surface area (Å²) in [6.07, 6.45) is 7.45. The third kappa shape index (κ3) is 8.77. The van der Waals surface area contributed by atoms with Crippen LogP contribution in [0.2, 0.25) is 0 Å². The van der Waals surface area contributed by atoms with Crippen molar-refractivity contribution in [3.63, 3.8) is 0 Å². The zero-order valence-corrected chi connectivity index (χ0v) is 30.0. The SMILES string of the molecule is CC(=O)N(Cc1cccc(C(=O)Nc2sc3c(c2C(=O)Nc2ccc(CCc4ccc(C(=O)O)cc4)cc2)CCCC3)c1)[C@H]1CC[C@H](C(=O)O)CC1. The number of rotatable bonds is 12. The molecule has 1 fully saturated rings. The maximum absolute atomic E-state index is 13.8. The van der Waals surface area contributed by atoms with Gasteiger partial charge in [0.2, 0.25) is 5.91 Å². The van der Waals surface area contributed by atoms with Gasteiger partial charge in [0, 0.05) is 35.6 Å². The van der Waals surface area contributed by atoms with E-state index in [0.717, 1.165) is 65.7 Å². The van der Waals surface area contributed by atoms with Gasteiger partial charge in [0.25, 0.3) is 11.8 Å². The van der Waals surface area contributed by atoms with Gasteiger partial charge in [-0.1, -0.05) is 36.4 Å². The van der Waals surface area contributed by atoms with E-state index in [9.17, 15) is 29.1 Å². The number of amides is 3. The van der Waals surface area contributed by atoms with E-state index in [4.69, 9.17) is 5.11 Å². The summed E-state index contributed by atoms with van der Waals surface area (Å²) in [6.45, 7) is 1.84. The molecule has 0 bridgehead atoms. The predicted molar refractivity (Wildman–Crippen MR) is 200 cm³/mol. The van der Waals surface area contributed by atoms with Crippen molar-refractivity contribution < 1.29 is 34.2 Å². The van der Waals surface area contributed by atoms with E-state index in [0.29, 0.717) is 54.0 Å². The fraction of sp³-hybridized carbons (Fsp3) is 0.341. The van der Waals surface area contributed by atoms with Crippen LogP contribution in [-0.2, 0) is 41.8 Å². The molecule has 3 amide bonds. The summed E-state index contributed by atoms with van der Waals surface area (Å²) >= 11 is 1.45. The van der Waals surface area contributed by atoms with E-state index in [1.165, 1.54) is 18.3 Å². The van der Waals surface area contributed by atoms with Gasteiger partial charge < -0.3 is 25.7 Å². The number of aryl methyl sites for hydroxylation is 3. The number of thiophene rings is 1. The standard InChI is InChI=1S/C41H43N3O7S/c1-25(45)44(33-21-17-30(18-22-33)41(50)51)24-28-5-4-6-31(23-28)37(46)43-39-36(34-7-2-3-8-35(34)52-39)38(47)42-32-19-13-27(14-20-32)10-9-26-11-15-29(16-12-26)40(48)49/h4-6,11-16,19-20,23,30,33H,2-3,7-10,17-18,21-22,24H2,1H3,(H,42,47)(H,43,46)(H,48,49)(H,50,51)/t30-,33-. The molecule has 270 valence electrons. The van der Waals surface area contributed by atoms with Crippen molar-refractivity contribution in [2.24, 2.45) is 5.92 Å². The van der Waals surface area contributed by atoms with Crippen molar-refractivity contribution in [1.29, 1.82) is 0 Å². The molecule has 1 saturated carbocycles. The van der Waals surface area contributed by atoms with E-state index < -0.39 is 11.9 Å². The van der Waals surface area contributed by atoms with Gasteiger partial charge in [0.15, 0.2) is 0 Å². The van der Waals surface area contributed by atoms with Crippen LogP contribution >= 0.6 is 11.3 Å². The second-order valence-electron chi connectivity index (χ2n) is 13.7. The smallest absolute Gasteiger partial charge is 0.335 e. The quantitative estimate of drug-likeness (QED) is 0.118. The van der Waals surface area contributed by atoms with Crippen LogP contribution in [0.25, 0.3) is 0 Å². The highest BCUT2D eigenvalue weighted by molar-refractivity contribution is 7.17. The Morgan fingerprint density at radius 3 is 2.04 bits per heavy atom. The van der Waals surface area contributed by atoms with Crippen molar-refractivity contribution in [2.45, 2.75) is 83.7 Å². The van der Waals surface area contributed by atoms with Crippen molar-refractivity contribution in [3.8, 4) is 0 Å². The van der Waals surface area contributed by atoms with Crippen LogP contribution in [0.15, 0.2) is 72.8 Å². The first-order valence-corrected chi connectivity index (χ1v) is 18.6. The predicted octanol–water partition coefficient (Wildman–Crippen LogP) is 7.61. The molecule has 6 rings (SSSR count). The molecule has 4 aromatic rings. The number of anilines is 2. The van der Waals surface area contributed by atoms with E-state index in [-0.39, 0.29) is 35.2 Å². The maximum atomic E-state index is 13.8. The van der Waals surface area contributed by atoms with Crippen LogP contribution in [0.4, 0.5) is 10.7 Å². The number of carbonyl (C=O) groups is 5. The Hall–Kier alpha value is -5.29. The minimum absolute atomic E-state index is 0.0507. The van der Waals surface area contributed by atoms with Gasteiger partial charge in [-0.25, -0.2) is 4.79 Å². The minimum Gasteiger partial charge on any atom is -0.481 e. The van der Waals surface area contributed by atoms with Crippen LogP contribution in [0.5, 0.6) is 0 Å². The lowest BCUT2D eigenvalue weighted by Crippen LogP contribution is -2.41. The molecule has 2 aliphatic carbocycles. The van der Waals surface area contributed by atoms with Gasteiger partial charge in [0.05, 0.1) is 17.0 Å². The number of nitrogens with zero attached hydrogens (tertiary/aromatic N) is 1. The largest absolute Gasteiger partial charge is 0.481 e. The van der Waals surface area contributed by atoms with Gasteiger partial charge in [-0.15, -0.1) is 11.3 Å². The lowest BCUT2D eigenvalue weighted by Gasteiger charge is -2.35. The average molecular weight is 722 g/mol. The first-order valence-electron chi connectivity index (χ1n) is 17.8. The number of aromatic carboxylic acids is 1. The Labute approximate surface area is 306 Å². The fourth-order valence-electron chi connectivity index (χ4n) is 7.26. The van der Waals surface area contributed by atoms with E-state index in [1.807, 2.05) is 42.5 Å². The monoisotopic (exact) mass is 721 g/mol. The number of fused-ring (bicyclic) bond motifs is 1. The summed E-state index contributed by atoms with van der Waals surface area (Å²) in [6, 6.07) is 21.6. The molecule has 0 unspecified atom stereocenters. The van der Waals surface area contributed by atoms with Gasteiger partial charge in [0.1, 0.15) is 5.00 Å². The van der Waals surface area contributed by atoms with Gasteiger partial charge in [-0.05, 0) is 123 Å². The fourth-order valence-corrected chi connectivity index (χ4v) is 8.54. The number of benzene rings is 3. The first kappa shape index (κ1) is 36.5. The Bertz CT molecular complexity index is 1960. The molecule has 0 radical (unpaired) electrons. The summed E-state index contributed by atoms with van der Waals surface area (Å²) < 4.78 is 0. The van der Waals surface area contributed by atoms with Crippen molar-refractivity contribution in [3.05, 3.63) is 117 Å². The molecule has 1 heterocycles. The highest BCUT2D eigenvalue weighted by Gasteiger charge is 2.31. The van der Waals surface area contributed by atoms with E-state index in [1.54, 1.807) is 35.2 Å². The second-order valence-corrected chi connectivity index (χ2v) is 14.8. The first-order chi connectivity index (χ1) is 25.0. The summed E-state index contributed by atoms with van der Waals surface area (Å²) in [4.78, 5) is 65.6. The molecule has 0 atom stereocenters. The number of carbonyl (C=O) groups excluding carboxylic acids is 3. The Balaban J connectivity index is 1.12. The minimum atomic E-state index is -0.947. The van der Waals surface area contributed by atoms with Gasteiger partial charge in [-0.3, -0.25) is 19.2 Å². The molecular formula is C41H43N3O7S. The van der Waals surface area contributed by atoms with Crippen LogP contribution in [0.1, 0.15) is 104 Å². The van der Waals surface area contributed by atoms with Crippen molar-refractivity contribution in [1.82, 2.24) is 4.90 Å². The summed E-state index contributed by atoms with van der Waals surface area (Å²) in [7, 11) is 0. The van der Waals surface area contributed by atoms with Crippen LogP contribution < -0.4 is 10.6 Å². The molecule has 0 saturated heterocycles. The topological polar surface area (TPSA) is 153 Å². The lowest BCUT2D eigenvalue weighted by atomic mass is 9.85. The molecule has 0 aliphatic heterocycles. The number of hydrogen-bond donors (Lipinski definition) is 4. The molecule has 1 aromatic heterocycles. The second kappa shape index (κ2) is 16.4. The Morgan fingerprint density at radius 2 is 1.40 bits per heavy atom. The highest BCUT2D eigenvalue weighted by Crippen LogP contribution is 2.39. The molecule has 11 heteroatoms. The Morgan fingerprint density at radius 1 is 0.750 bits per heavy atom. The average Bonchev–Trinajstić information content (AvgIpc) is 3.51. The number of nitrogens with one attached hydrogen (secondary N) is 2. The van der Waals surface area contributed by atoms with Gasteiger partial charge in [-0.2, -0.15) is 0 Å². The third-order valence-electron chi connectivity index (χ3n) is 10.2. The normalized spacial score (nSPS) is 16.7. The third-order valence-corrected chi connectivity index (χ3v) is 11.4. The lowest BCUT2D eigenvalue weighted by molar-refractivity contribution is -0.143. The van der Waals surface area contributed by atoms with Gasteiger partial charge >= 0.3 is 11.9 Å². The molecule has 2 aliphatic rings. The van der Waals surface area contributed by atoms with Crippen molar-refractivity contribution in [2.75, 3.05) is 10.6 Å². The van der Waals surface area contributed by atoms with Crippen LogP contribution in [0, 0.1) is 5.92 Å². The molecule has 52 heavy (non-hydrogen) atoms.